The third-order valence-electron chi connectivity index (χ3n) is 10.8. The van der Waals surface area contributed by atoms with E-state index in [4.69, 9.17) is 0 Å². The molecule has 0 amide bonds. The van der Waals surface area contributed by atoms with Crippen molar-refractivity contribution in [1.82, 2.24) is 4.57 Å². The maximum atomic E-state index is 2.38. The molecule has 0 spiro atoms. The first-order chi connectivity index (χ1) is 27.8. The Bertz CT molecular complexity index is 2910. The van der Waals surface area contributed by atoms with E-state index in [0.29, 0.717) is 0 Å². The fourth-order valence-electron chi connectivity index (χ4n) is 8.01. The molecule has 10 aromatic rings. The summed E-state index contributed by atoms with van der Waals surface area (Å²) in [5.74, 6) is 0. The lowest BCUT2D eigenvalue weighted by molar-refractivity contribution is 1.18. The minimum atomic E-state index is 1.11. The van der Waals surface area contributed by atoms with Gasteiger partial charge in [0, 0.05) is 33.5 Å². The Balaban J connectivity index is 1.01. The molecule has 9 aromatic carbocycles. The fourth-order valence-corrected chi connectivity index (χ4v) is 8.01. The average molecular weight is 715 g/mol. The summed E-state index contributed by atoms with van der Waals surface area (Å²) in [6.07, 6.45) is 0. The Morgan fingerprint density at radius 2 is 0.607 bits per heavy atom. The van der Waals surface area contributed by atoms with Crippen LogP contribution in [0.4, 0.5) is 17.1 Å². The van der Waals surface area contributed by atoms with Crippen molar-refractivity contribution in [3.05, 3.63) is 231 Å². The van der Waals surface area contributed by atoms with E-state index in [1.54, 1.807) is 0 Å². The molecule has 0 unspecified atom stereocenters. The van der Waals surface area contributed by atoms with Crippen molar-refractivity contribution in [2.24, 2.45) is 0 Å². The fraction of sp³-hybridized carbons (Fsp3) is 0. The van der Waals surface area contributed by atoms with Crippen molar-refractivity contribution in [2.45, 2.75) is 0 Å². The summed E-state index contributed by atoms with van der Waals surface area (Å²) in [6, 6.07) is 83.0. The van der Waals surface area contributed by atoms with Crippen LogP contribution >= 0.6 is 0 Å². The van der Waals surface area contributed by atoms with Gasteiger partial charge in [-0.1, -0.05) is 158 Å². The van der Waals surface area contributed by atoms with Gasteiger partial charge in [-0.15, -0.1) is 0 Å². The molecule has 0 atom stereocenters. The number of hydrogen-bond acceptors (Lipinski definition) is 1. The van der Waals surface area contributed by atoms with Crippen LogP contribution in [0.15, 0.2) is 231 Å². The zero-order valence-corrected chi connectivity index (χ0v) is 30.8. The van der Waals surface area contributed by atoms with Crippen molar-refractivity contribution < 1.29 is 0 Å². The summed E-state index contributed by atoms with van der Waals surface area (Å²) >= 11 is 0. The largest absolute Gasteiger partial charge is 0.310 e. The van der Waals surface area contributed by atoms with Gasteiger partial charge in [0.15, 0.2) is 0 Å². The Morgan fingerprint density at radius 3 is 1.16 bits per heavy atom. The van der Waals surface area contributed by atoms with Crippen molar-refractivity contribution in [3.8, 4) is 50.2 Å². The first-order valence-electron chi connectivity index (χ1n) is 19.2. The number of benzene rings is 9. The molecule has 10 rings (SSSR count). The first-order valence-corrected chi connectivity index (χ1v) is 19.2. The Morgan fingerprint density at radius 1 is 0.250 bits per heavy atom. The molecule has 0 bridgehead atoms. The van der Waals surface area contributed by atoms with Crippen molar-refractivity contribution in [3.63, 3.8) is 0 Å². The molecule has 0 aliphatic carbocycles. The predicted molar refractivity (Wildman–Crippen MR) is 237 cm³/mol. The Kier molecular flexibility index (Phi) is 8.55. The number of hydrogen-bond donors (Lipinski definition) is 0. The molecule has 2 heteroatoms. The van der Waals surface area contributed by atoms with Gasteiger partial charge in [-0.25, -0.2) is 0 Å². The van der Waals surface area contributed by atoms with Crippen LogP contribution in [0.5, 0.6) is 0 Å². The van der Waals surface area contributed by atoms with E-state index in [9.17, 15) is 0 Å². The lowest BCUT2D eigenvalue weighted by Crippen LogP contribution is -2.09. The average Bonchev–Trinajstić information content (AvgIpc) is 3.61. The van der Waals surface area contributed by atoms with Crippen LogP contribution in [0.1, 0.15) is 0 Å². The van der Waals surface area contributed by atoms with Gasteiger partial charge in [0.1, 0.15) is 0 Å². The monoisotopic (exact) mass is 714 g/mol. The van der Waals surface area contributed by atoms with Crippen molar-refractivity contribution >= 4 is 38.9 Å². The van der Waals surface area contributed by atoms with Crippen LogP contribution < -0.4 is 4.90 Å². The third-order valence-corrected chi connectivity index (χ3v) is 10.8. The van der Waals surface area contributed by atoms with E-state index in [-0.39, 0.29) is 0 Å². The summed E-state index contributed by atoms with van der Waals surface area (Å²) in [6.45, 7) is 0. The van der Waals surface area contributed by atoms with Gasteiger partial charge in [0.25, 0.3) is 0 Å². The van der Waals surface area contributed by atoms with E-state index in [1.165, 1.54) is 66.3 Å². The highest BCUT2D eigenvalue weighted by Crippen LogP contribution is 2.39. The summed E-state index contributed by atoms with van der Waals surface area (Å²) in [5, 5.41) is 2.49. The smallest absolute Gasteiger partial charge is 0.0541 e. The van der Waals surface area contributed by atoms with Crippen molar-refractivity contribution in [2.75, 3.05) is 4.90 Å². The maximum Gasteiger partial charge on any atom is 0.0541 e. The zero-order valence-electron chi connectivity index (χ0n) is 30.8. The van der Waals surface area contributed by atoms with E-state index in [2.05, 4.69) is 240 Å². The summed E-state index contributed by atoms with van der Waals surface area (Å²) in [5.41, 5.74) is 16.5. The molecule has 1 aromatic heterocycles. The van der Waals surface area contributed by atoms with Crippen LogP contribution in [-0.2, 0) is 0 Å². The highest BCUT2D eigenvalue weighted by Gasteiger charge is 2.16. The standard InChI is InChI=1S/C54H38N2/c1-5-14-39(15-6-1)41-28-32-49(33-29-41)55(47-19-9-3-10-20-47)50-23-13-18-44(36-50)42-24-26-43(27-25-42)46-31-35-54-52(38-46)51-37-45(40-16-7-2-8-17-40)30-34-53(51)56(54)48-21-11-4-12-22-48/h1-38H. The van der Waals surface area contributed by atoms with Gasteiger partial charge in [0.2, 0.25) is 0 Å². The van der Waals surface area contributed by atoms with Crippen LogP contribution in [0.2, 0.25) is 0 Å². The van der Waals surface area contributed by atoms with Gasteiger partial charge in [-0.05, 0) is 117 Å². The number of nitrogens with zero attached hydrogens (tertiary/aromatic N) is 2. The minimum absolute atomic E-state index is 1.11. The Hall–Kier alpha value is -7.42. The van der Waals surface area contributed by atoms with Crippen LogP contribution in [0, 0.1) is 0 Å². The molecular formula is C54H38N2. The number of para-hydroxylation sites is 2. The van der Waals surface area contributed by atoms with Crippen LogP contribution in [-0.4, -0.2) is 4.57 Å². The molecule has 0 aliphatic rings. The van der Waals surface area contributed by atoms with Crippen LogP contribution in [0.25, 0.3) is 72.0 Å². The second-order valence-electron chi connectivity index (χ2n) is 14.2. The van der Waals surface area contributed by atoms with E-state index >= 15 is 0 Å². The van der Waals surface area contributed by atoms with Crippen LogP contribution in [0.3, 0.4) is 0 Å². The first kappa shape index (κ1) is 33.2. The highest BCUT2D eigenvalue weighted by atomic mass is 15.1. The molecule has 0 aliphatic heterocycles. The lowest BCUT2D eigenvalue weighted by Gasteiger charge is -2.26. The molecule has 264 valence electrons. The molecule has 0 saturated carbocycles. The molecular weight excluding hydrogens is 677 g/mol. The minimum Gasteiger partial charge on any atom is -0.310 e. The molecule has 1 heterocycles. The van der Waals surface area contributed by atoms with Gasteiger partial charge in [-0.3, -0.25) is 0 Å². The third kappa shape index (κ3) is 6.24. The molecule has 0 radical (unpaired) electrons. The quantitative estimate of drug-likeness (QED) is 0.152. The SMILES string of the molecule is c1ccc(-c2ccc(N(c3ccccc3)c3cccc(-c4ccc(-c5ccc6c(c5)c5cc(-c7ccccc7)ccc5n6-c5ccccc5)cc4)c3)cc2)cc1. The topological polar surface area (TPSA) is 8.17 Å². The lowest BCUT2D eigenvalue weighted by atomic mass is 9.98. The highest BCUT2D eigenvalue weighted by molar-refractivity contribution is 6.11. The number of rotatable bonds is 8. The molecule has 0 fully saturated rings. The predicted octanol–water partition coefficient (Wildman–Crippen LogP) is 14.9. The summed E-state index contributed by atoms with van der Waals surface area (Å²) in [4.78, 5) is 2.33. The van der Waals surface area contributed by atoms with E-state index in [0.717, 1.165) is 22.7 Å². The van der Waals surface area contributed by atoms with Gasteiger partial charge in [0.05, 0.1) is 11.0 Å². The van der Waals surface area contributed by atoms with E-state index < -0.39 is 0 Å². The summed E-state index contributed by atoms with van der Waals surface area (Å²) < 4.78 is 2.38. The number of aromatic nitrogens is 1. The number of anilines is 3. The van der Waals surface area contributed by atoms with Crippen molar-refractivity contribution in [1.29, 1.82) is 0 Å². The van der Waals surface area contributed by atoms with Gasteiger partial charge in [-0.2, -0.15) is 0 Å². The maximum absolute atomic E-state index is 2.38. The molecule has 0 N–H and O–H groups in total. The molecule has 2 nitrogen and oxygen atoms in total. The zero-order chi connectivity index (χ0) is 37.3. The summed E-state index contributed by atoms with van der Waals surface area (Å²) in [7, 11) is 0. The second-order valence-corrected chi connectivity index (χ2v) is 14.2. The van der Waals surface area contributed by atoms with Gasteiger partial charge >= 0.3 is 0 Å². The molecule has 0 saturated heterocycles. The normalized spacial score (nSPS) is 11.2. The Labute approximate surface area is 327 Å². The van der Waals surface area contributed by atoms with E-state index in [1.807, 2.05) is 0 Å². The number of fused-ring (bicyclic) bond motifs is 3. The second kappa shape index (κ2) is 14.4. The molecule has 56 heavy (non-hydrogen) atoms. The van der Waals surface area contributed by atoms with Gasteiger partial charge < -0.3 is 9.47 Å².